The number of nitrogens with one attached hydrogen (secondary N) is 1. The molecule has 378 valence electrons. The van der Waals surface area contributed by atoms with E-state index in [1.807, 2.05) is 60.8 Å². The average molecular weight is 928 g/mol. The SMILES string of the molecule is CC/C=C/C=C/C=C\C=C/C=C/CCC(O)C(=O)NC(COC1OC(CO)C(O)C(O)C1OC(=O)CCCCC/C=C\CCCCCCCC)C(O)/C=C/CCCCCCCCCCCC. The topological polar surface area (TPSA) is 175 Å². The lowest BCUT2D eigenvalue weighted by Crippen LogP contribution is -2.61. The smallest absolute Gasteiger partial charge is 0.306 e. The lowest BCUT2D eigenvalue weighted by Gasteiger charge is -2.41. The fraction of sp³-hybridized carbons (Fsp3) is 0.709. The first kappa shape index (κ1) is 60.9. The largest absolute Gasteiger partial charge is 0.454 e. The Morgan fingerprint density at radius 1 is 0.606 bits per heavy atom. The quantitative estimate of drug-likeness (QED) is 0.0150. The maximum atomic E-state index is 13.3. The number of hydrogen-bond acceptors (Lipinski definition) is 10. The molecule has 6 N–H and O–H groups in total. The van der Waals surface area contributed by atoms with Crippen LogP contribution in [0.3, 0.4) is 0 Å². The van der Waals surface area contributed by atoms with E-state index in [-0.39, 0.29) is 19.4 Å². The van der Waals surface area contributed by atoms with Gasteiger partial charge in [-0.15, -0.1) is 0 Å². The highest BCUT2D eigenvalue weighted by Crippen LogP contribution is 2.26. The Kier molecular flexibility index (Phi) is 39.8. The molecule has 1 aliphatic rings. The third kappa shape index (κ3) is 31.7. The van der Waals surface area contributed by atoms with E-state index in [1.165, 1.54) is 83.5 Å². The van der Waals surface area contributed by atoms with Crippen molar-refractivity contribution in [1.29, 1.82) is 0 Å². The van der Waals surface area contributed by atoms with Gasteiger partial charge in [0.25, 0.3) is 0 Å². The molecule has 1 aliphatic heterocycles. The van der Waals surface area contributed by atoms with Gasteiger partial charge in [-0.3, -0.25) is 9.59 Å². The van der Waals surface area contributed by atoms with Gasteiger partial charge in [-0.1, -0.05) is 202 Å². The van der Waals surface area contributed by atoms with Gasteiger partial charge in [0, 0.05) is 6.42 Å². The Morgan fingerprint density at radius 2 is 1.11 bits per heavy atom. The van der Waals surface area contributed by atoms with Gasteiger partial charge in [0.05, 0.1) is 25.4 Å². The van der Waals surface area contributed by atoms with E-state index in [1.54, 1.807) is 6.08 Å². The molecule has 8 unspecified atom stereocenters. The van der Waals surface area contributed by atoms with Gasteiger partial charge in [0.15, 0.2) is 12.4 Å². The molecular weight excluding hydrogens is 835 g/mol. The number of esters is 1. The zero-order chi connectivity index (χ0) is 48.3. The average Bonchev–Trinajstić information content (AvgIpc) is 3.31. The molecule has 1 saturated heterocycles. The summed E-state index contributed by atoms with van der Waals surface area (Å²) in [6, 6.07) is -1.07. The number of unbranched alkanes of at least 4 members (excludes halogenated alkanes) is 19. The molecule has 11 nitrogen and oxygen atoms in total. The van der Waals surface area contributed by atoms with E-state index in [9.17, 15) is 35.1 Å². The fourth-order valence-corrected chi connectivity index (χ4v) is 7.50. The van der Waals surface area contributed by atoms with Gasteiger partial charge in [-0.2, -0.15) is 0 Å². The molecule has 0 aromatic rings. The predicted octanol–water partition coefficient (Wildman–Crippen LogP) is 10.7. The van der Waals surface area contributed by atoms with E-state index < -0.39 is 67.4 Å². The molecule has 0 spiro atoms. The van der Waals surface area contributed by atoms with Gasteiger partial charge < -0.3 is 45.1 Å². The van der Waals surface area contributed by atoms with Crippen molar-refractivity contribution in [3.63, 3.8) is 0 Å². The number of rotatable bonds is 41. The monoisotopic (exact) mass is 928 g/mol. The van der Waals surface area contributed by atoms with Crippen LogP contribution in [0.2, 0.25) is 0 Å². The molecule has 0 aliphatic carbocycles. The first-order chi connectivity index (χ1) is 32.2. The molecule has 1 amide bonds. The third-order valence-corrected chi connectivity index (χ3v) is 11.7. The number of carbonyl (C=O) groups is 2. The molecule has 0 bridgehead atoms. The standard InChI is InChI=1S/C55H93NO10/c1-4-7-10-13-16-19-22-25-28-31-34-37-40-43-50(60)66-53-52(62)51(61)49(44-57)65-55(53)64-45-46(47(58)41-38-35-32-29-26-23-20-17-14-11-8-5-2)56-54(63)48(59)42-39-36-33-30-27-24-21-18-15-12-9-6-3/h9,12,15,18,21,24-25,27-28,30,33,36,38,41,46-49,51-53,55,57-59,61-62H,4-8,10-11,13-14,16-17,19-20,22-23,26,29,31-32,34-35,37,39-40,42-45H2,1-3H3,(H,56,63)/b12-9+,18-15+,24-21-,28-25-,30-27-,36-33+,41-38+. The number of hydrogen-bond donors (Lipinski definition) is 6. The van der Waals surface area contributed by atoms with Crippen molar-refractivity contribution < 1.29 is 49.3 Å². The minimum absolute atomic E-state index is 0.0907. The van der Waals surface area contributed by atoms with Crippen molar-refractivity contribution in [2.24, 2.45) is 0 Å². The molecule has 11 heteroatoms. The van der Waals surface area contributed by atoms with Crippen molar-refractivity contribution in [2.45, 2.75) is 237 Å². The van der Waals surface area contributed by atoms with Crippen LogP contribution in [-0.4, -0.2) is 99.6 Å². The van der Waals surface area contributed by atoms with Crippen LogP contribution < -0.4 is 5.32 Å². The van der Waals surface area contributed by atoms with Crippen LogP contribution in [0.25, 0.3) is 0 Å². The second-order valence-electron chi connectivity index (χ2n) is 17.6. The number of carbonyl (C=O) groups excluding carboxylic acids is 2. The number of ether oxygens (including phenoxy) is 3. The van der Waals surface area contributed by atoms with E-state index in [2.05, 4.69) is 44.3 Å². The lowest BCUT2D eigenvalue weighted by molar-refractivity contribution is -0.305. The second kappa shape index (κ2) is 43.1. The Morgan fingerprint density at radius 3 is 1.65 bits per heavy atom. The number of allylic oxidation sites excluding steroid dienone is 13. The van der Waals surface area contributed by atoms with E-state index in [0.29, 0.717) is 12.8 Å². The summed E-state index contributed by atoms with van der Waals surface area (Å²) in [6.45, 7) is 5.53. The maximum Gasteiger partial charge on any atom is 0.306 e. The van der Waals surface area contributed by atoms with E-state index in [0.717, 1.165) is 57.8 Å². The lowest BCUT2D eigenvalue weighted by atomic mass is 9.99. The minimum Gasteiger partial charge on any atom is -0.454 e. The van der Waals surface area contributed by atoms with Crippen molar-refractivity contribution in [3.8, 4) is 0 Å². The zero-order valence-electron chi connectivity index (χ0n) is 41.3. The molecule has 1 fully saturated rings. The third-order valence-electron chi connectivity index (χ3n) is 11.7. The number of aliphatic hydroxyl groups is 5. The molecule has 66 heavy (non-hydrogen) atoms. The summed E-state index contributed by atoms with van der Waals surface area (Å²) in [6.07, 6.45) is 43.7. The van der Waals surface area contributed by atoms with E-state index in [4.69, 9.17) is 14.2 Å². The van der Waals surface area contributed by atoms with Crippen molar-refractivity contribution in [2.75, 3.05) is 13.2 Å². The Labute approximate surface area is 400 Å². The van der Waals surface area contributed by atoms with Crippen molar-refractivity contribution in [3.05, 3.63) is 85.1 Å². The van der Waals surface area contributed by atoms with Crippen LogP contribution in [0, 0.1) is 0 Å². The summed E-state index contributed by atoms with van der Waals surface area (Å²) in [5, 5.41) is 56.4. The van der Waals surface area contributed by atoms with Crippen LogP contribution in [0.1, 0.15) is 188 Å². The summed E-state index contributed by atoms with van der Waals surface area (Å²) in [7, 11) is 0. The molecule has 0 aromatic heterocycles. The number of amides is 1. The summed E-state index contributed by atoms with van der Waals surface area (Å²) in [4.78, 5) is 26.3. The van der Waals surface area contributed by atoms with Crippen LogP contribution in [0.5, 0.6) is 0 Å². The van der Waals surface area contributed by atoms with Gasteiger partial charge in [0.1, 0.15) is 24.4 Å². The van der Waals surface area contributed by atoms with E-state index >= 15 is 0 Å². The molecule has 0 aromatic carbocycles. The van der Waals surface area contributed by atoms with Crippen molar-refractivity contribution >= 4 is 11.9 Å². The molecule has 1 heterocycles. The highest BCUT2D eigenvalue weighted by molar-refractivity contribution is 5.80. The van der Waals surface area contributed by atoms with Gasteiger partial charge in [0.2, 0.25) is 5.91 Å². The predicted molar refractivity (Wildman–Crippen MR) is 269 cm³/mol. The summed E-state index contributed by atoms with van der Waals surface area (Å²) in [5.41, 5.74) is 0. The van der Waals surface area contributed by atoms with Crippen molar-refractivity contribution in [1.82, 2.24) is 5.32 Å². The minimum atomic E-state index is -1.63. The molecule has 1 rings (SSSR count). The second-order valence-corrected chi connectivity index (χ2v) is 17.6. The zero-order valence-corrected chi connectivity index (χ0v) is 41.3. The first-order valence-corrected chi connectivity index (χ1v) is 25.9. The summed E-state index contributed by atoms with van der Waals surface area (Å²) in [5.74, 6) is -1.30. The Hall–Kier alpha value is -3.16. The highest BCUT2D eigenvalue weighted by Gasteiger charge is 2.47. The van der Waals surface area contributed by atoms with Crippen LogP contribution in [0.15, 0.2) is 85.1 Å². The van der Waals surface area contributed by atoms with Gasteiger partial charge in [-0.05, 0) is 64.2 Å². The normalized spacial score (nSPS) is 20.9. The highest BCUT2D eigenvalue weighted by atomic mass is 16.7. The number of aliphatic hydroxyl groups excluding tert-OH is 5. The van der Waals surface area contributed by atoms with Gasteiger partial charge in [-0.25, -0.2) is 0 Å². The first-order valence-electron chi connectivity index (χ1n) is 25.9. The Balaban J connectivity index is 2.86. The van der Waals surface area contributed by atoms with Crippen LogP contribution >= 0.6 is 0 Å². The fourth-order valence-electron chi connectivity index (χ4n) is 7.50. The van der Waals surface area contributed by atoms with Crippen LogP contribution in [0.4, 0.5) is 0 Å². The molecule has 0 saturated carbocycles. The van der Waals surface area contributed by atoms with Gasteiger partial charge >= 0.3 is 5.97 Å². The summed E-state index contributed by atoms with van der Waals surface area (Å²) < 4.78 is 17.4. The molecule has 8 atom stereocenters. The molecular formula is C55H93NO10. The maximum absolute atomic E-state index is 13.3. The van der Waals surface area contributed by atoms with Crippen LogP contribution in [-0.2, 0) is 23.8 Å². The molecule has 0 radical (unpaired) electrons. The Bertz CT molecular complexity index is 1390. The summed E-state index contributed by atoms with van der Waals surface area (Å²) >= 11 is 0.